The van der Waals surface area contributed by atoms with Gasteiger partial charge in [-0.15, -0.1) is 24.0 Å². The fourth-order valence-corrected chi connectivity index (χ4v) is 3.19. The van der Waals surface area contributed by atoms with Gasteiger partial charge in [0, 0.05) is 39.6 Å². The fraction of sp³-hybridized carbons (Fsp3) is 0.579. The molecule has 1 amide bonds. The van der Waals surface area contributed by atoms with Gasteiger partial charge in [-0.25, -0.2) is 4.39 Å². The van der Waals surface area contributed by atoms with Gasteiger partial charge in [0.2, 0.25) is 5.91 Å². The summed E-state index contributed by atoms with van der Waals surface area (Å²) in [5, 5.41) is 6.26. The van der Waals surface area contributed by atoms with Gasteiger partial charge in [0.1, 0.15) is 5.82 Å². The van der Waals surface area contributed by atoms with Crippen molar-refractivity contribution in [3.05, 3.63) is 35.6 Å². The van der Waals surface area contributed by atoms with Crippen LogP contribution in [0.15, 0.2) is 29.3 Å². The number of halogens is 2. The largest absolute Gasteiger partial charge is 0.354 e. The molecule has 0 aromatic heterocycles. The fourth-order valence-electron chi connectivity index (χ4n) is 3.19. The summed E-state index contributed by atoms with van der Waals surface area (Å²) in [4.78, 5) is 18.3. The number of benzene rings is 1. The van der Waals surface area contributed by atoms with Crippen LogP contribution in [0.25, 0.3) is 0 Å². The summed E-state index contributed by atoms with van der Waals surface area (Å²) in [5.74, 6) is 0.879. The second kappa shape index (κ2) is 12.1. The summed E-state index contributed by atoms with van der Waals surface area (Å²) in [6, 6.07) is 6.45. The molecule has 0 radical (unpaired) electrons. The SMILES string of the molecule is CN=C(NCCNC(=O)C1CCCCC1)N(C)Cc1ccc(F)cc1.I. The standard InChI is InChI=1S/C19H29FN4O.HI/c1-21-19(24(2)14-15-8-10-17(20)11-9-15)23-13-12-22-18(25)16-6-4-3-5-7-16;/h8-11,16H,3-7,12-14H2,1-2H3,(H,21,23)(H,22,25);1H. The molecule has 0 heterocycles. The number of guanidine groups is 1. The van der Waals surface area contributed by atoms with Crippen molar-refractivity contribution in [2.24, 2.45) is 10.9 Å². The Kier molecular flexibility index (Phi) is 10.5. The average molecular weight is 476 g/mol. The lowest BCUT2D eigenvalue weighted by Gasteiger charge is -2.23. The van der Waals surface area contributed by atoms with Crippen molar-refractivity contribution in [3.8, 4) is 0 Å². The lowest BCUT2D eigenvalue weighted by Crippen LogP contribution is -2.43. The minimum absolute atomic E-state index is 0. The Morgan fingerprint density at radius 3 is 2.38 bits per heavy atom. The Hall–Kier alpha value is -1.38. The van der Waals surface area contributed by atoms with Crippen molar-refractivity contribution in [2.75, 3.05) is 27.2 Å². The molecule has 1 saturated carbocycles. The van der Waals surface area contributed by atoms with Crippen LogP contribution in [-0.4, -0.2) is 44.0 Å². The maximum absolute atomic E-state index is 13.0. The molecule has 0 unspecified atom stereocenters. The Labute approximate surface area is 172 Å². The zero-order valence-corrected chi connectivity index (χ0v) is 18.0. The van der Waals surface area contributed by atoms with E-state index in [9.17, 15) is 9.18 Å². The summed E-state index contributed by atoms with van der Waals surface area (Å²) in [7, 11) is 3.66. The van der Waals surface area contributed by atoms with Gasteiger partial charge in [-0.05, 0) is 30.5 Å². The molecule has 1 aromatic rings. The van der Waals surface area contributed by atoms with Crippen LogP contribution in [0.1, 0.15) is 37.7 Å². The molecule has 0 aliphatic heterocycles. The Morgan fingerprint density at radius 1 is 1.15 bits per heavy atom. The van der Waals surface area contributed by atoms with Gasteiger partial charge in [0.25, 0.3) is 0 Å². The predicted molar refractivity (Wildman–Crippen MR) is 114 cm³/mol. The van der Waals surface area contributed by atoms with Crippen LogP contribution < -0.4 is 10.6 Å². The van der Waals surface area contributed by atoms with Crippen LogP contribution >= 0.6 is 24.0 Å². The van der Waals surface area contributed by atoms with Gasteiger partial charge < -0.3 is 15.5 Å². The topological polar surface area (TPSA) is 56.7 Å². The number of aliphatic imine (C=N–C) groups is 1. The highest BCUT2D eigenvalue weighted by Crippen LogP contribution is 2.23. The number of hydrogen-bond donors (Lipinski definition) is 2. The Bertz CT molecular complexity index is 573. The van der Waals surface area contributed by atoms with Gasteiger partial charge >= 0.3 is 0 Å². The van der Waals surface area contributed by atoms with E-state index in [0.717, 1.165) is 37.2 Å². The first-order valence-corrected chi connectivity index (χ1v) is 9.04. The molecular formula is C19H30FIN4O. The van der Waals surface area contributed by atoms with Gasteiger partial charge in [0.05, 0.1) is 0 Å². The molecule has 1 fully saturated rings. The molecule has 0 atom stereocenters. The van der Waals surface area contributed by atoms with Crippen LogP contribution in [0.2, 0.25) is 0 Å². The van der Waals surface area contributed by atoms with Crippen LogP contribution in [0.5, 0.6) is 0 Å². The first-order chi connectivity index (χ1) is 12.1. The van der Waals surface area contributed by atoms with E-state index in [0.29, 0.717) is 19.6 Å². The second-order valence-corrected chi connectivity index (χ2v) is 6.58. The lowest BCUT2D eigenvalue weighted by molar-refractivity contribution is -0.125. The summed E-state index contributed by atoms with van der Waals surface area (Å²) in [5.41, 5.74) is 1.01. The van der Waals surface area contributed by atoms with E-state index in [1.807, 2.05) is 11.9 Å². The smallest absolute Gasteiger partial charge is 0.223 e. The van der Waals surface area contributed by atoms with E-state index in [-0.39, 0.29) is 41.6 Å². The second-order valence-electron chi connectivity index (χ2n) is 6.58. The summed E-state index contributed by atoms with van der Waals surface area (Å²) in [6.07, 6.45) is 5.61. The van der Waals surface area contributed by atoms with Crippen molar-refractivity contribution in [3.63, 3.8) is 0 Å². The predicted octanol–water partition coefficient (Wildman–Crippen LogP) is 3.15. The van der Waals surface area contributed by atoms with Gasteiger partial charge in [-0.1, -0.05) is 31.4 Å². The van der Waals surface area contributed by atoms with Crippen molar-refractivity contribution >= 4 is 35.8 Å². The van der Waals surface area contributed by atoms with Crippen LogP contribution in [-0.2, 0) is 11.3 Å². The number of carbonyl (C=O) groups is 1. The van der Waals surface area contributed by atoms with E-state index >= 15 is 0 Å². The van der Waals surface area contributed by atoms with Crippen LogP contribution in [0.3, 0.4) is 0 Å². The highest BCUT2D eigenvalue weighted by atomic mass is 127. The van der Waals surface area contributed by atoms with E-state index in [4.69, 9.17) is 0 Å². The average Bonchev–Trinajstić information content (AvgIpc) is 2.64. The van der Waals surface area contributed by atoms with Crippen molar-refractivity contribution in [1.82, 2.24) is 15.5 Å². The van der Waals surface area contributed by atoms with Crippen molar-refractivity contribution in [2.45, 2.75) is 38.6 Å². The van der Waals surface area contributed by atoms with Gasteiger partial charge in [0.15, 0.2) is 5.96 Å². The zero-order valence-electron chi connectivity index (χ0n) is 15.6. The minimum Gasteiger partial charge on any atom is -0.354 e. The van der Waals surface area contributed by atoms with E-state index in [1.165, 1.54) is 18.6 Å². The molecule has 7 heteroatoms. The molecule has 0 saturated heterocycles. The van der Waals surface area contributed by atoms with Gasteiger partial charge in [-0.3, -0.25) is 9.79 Å². The first-order valence-electron chi connectivity index (χ1n) is 9.04. The van der Waals surface area contributed by atoms with Crippen molar-refractivity contribution in [1.29, 1.82) is 0 Å². The zero-order chi connectivity index (χ0) is 18.1. The van der Waals surface area contributed by atoms with Crippen LogP contribution in [0, 0.1) is 11.7 Å². The highest BCUT2D eigenvalue weighted by Gasteiger charge is 2.20. The number of hydrogen-bond acceptors (Lipinski definition) is 2. The Morgan fingerprint density at radius 2 is 1.77 bits per heavy atom. The number of rotatable bonds is 6. The third-order valence-electron chi connectivity index (χ3n) is 4.59. The molecule has 5 nitrogen and oxygen atoms in total. The number of amides is 1. The Balaban J connectivity index is 0.00000338. The molecule has 2 rings (SSSR count). The monoisotopic (exact) mass is 476 g/mol. The lowest BCUT2D eigenvalue weighted by atomic mass is 9.89. The maximum atomic E-state index is 13.0. The summed E-state index contributed by atoms with van der Waals surface area (Å²) in [6.45, 7) is 1.84. The summed E-state index contributed by atoms with van der Waals surface area (Å²) < 4.78 is 13.0. The maximum Gasteiger partial charge on any atom is 0.223 e. The minimum atomic E-state index is -0.234. The molecule has 0 spiro atoms. The molecule has 2 N–H and O–H groups in total. The molecule has 26 heavy (non-hydrogen) atoms. The summed E-state index contributed by atoms with van der Waals surface area (Å²) >= 11 is 0. The molecule has 146 valence electrons. The molecule has 1 aliphatic carbocycles. The third kappa shape index (κ3) is 7.47. The molecule has 1 aromatic carbocycles. The molecular weight excluding hydrogens is 446 g/mol. The first kappa shape index (κ1) is 22.7. The number of carbonyl (C=O) groups excluding carboxylic acids is 1. The molecule has 1 aliphatic rings. The van der Waals surface area contributed by atoms with E-state index in [1.54, 1.807) is 19.2 Å². The number of nitrogens with one attached hydrogen (secondary N) is 2. The third-order valence-corrected chi connectivity index (χ3v) is 4.59. The molecule has 0 bridgehead atoms. The van der Waals surface area contributed by atoms with Crippen molar-refractivity contribution < 1.29 is 9.18 Å². The number of nitrogens with zero attached hydrogens (tertiary/aromatic N) is 2. The highest BCUT2D eigenvalue weighted by molar-refractivity contribution is 14.0. The van der Waals surface area contributed by atoms with Gasteiger partial charge in [-0.2, -0.15) is 0 Å². The quantitative estimate of drug-likeness (QED) is 0.287. The van der Waals surface area contributed by atoms with E-state index in [2.05, 4.69) is 15.6 Å². The van der Waals surface area contributed by atoms with E-state index < -0.39 is 0 Å². The normalized spacial score (nSPS) is 15.1. The van der Waals surface area contributed by atoms with Crippen LogP contribution in [0.4, 0.5) is 4.39 Å².